The first-order valence-electron chi connectivity index (χ1n) is 9.55. The second kappa shape index (κ2) is 8.97. The minimum Gasteiger partial charge on any atom is -0.353 e. The van der Waals surface area contributed by atoms with E-state index in [1.54, 1.807) is 0 Å². The molecule has 3 N–H and O–H groups in total. The number of nitrogens with one attached hydrogen (secondary N) is 1. The quantitative estimate of drug-likeness (QED) is 0.806. The minimum absolute atomic E-state index is 0.0651. The number of nitrogens with two attached hydrogens (primary N) is 1. The lowest BCUT2D eigenvalue weighted by atomic mass is 9.98. The van der Waals surface area contributed by atoms with E-state index >= 15 is 0 Å². The Morgan fingerprint density at radius 1 is 1.12 bits per heavy atom. The number of rotatable bonds is 7. The first kappa shape index (κ1) is 18.6. The Morgan fingerprint density at radius 2 is 1.81 bits per heavy atom. The van der Waals surface area contributed by atoms with Crippen LogP contribution in [0.3, 0.4) is 0 Å². The van der Waals surface area contributed by atoms with E-state index in [2.05, 4.69) is 41.4 Å². The van der Waals surface area contributed by atoms with Crippen LogP contribution < -0.4 is 11.1 Å². The topological polar surface area (TPSA) is 58.4 Å². The van der Waals surface area contributed by atoms with E-state index in [1.807, 2.05) is 30.3 Å². The van der Waals surface area contributed by atoms with Crippen LogP contribution in [0.1, 0.15) is 30.0 Å². The number of carbonyl (C=O) groups excluding carboxylic acids is 1. The molecule has 4 heteroatoms. The van der Waals surface area contributed by atoms with Crippen LogP contribution in [0.2, 0.25) is 0 Å². The van der Waals surface area contributed by atoms with Gasteiger partial charge in [0.05, 0.1) is 6.04 Å². The molecule has 4 nitrogen and oxygen atoms in total. The van der Waals surface area contributed by atoms with Gasteiger partial charge in [-0.1, -0.05) is 61.5 Å². The molecule has 1 aliphatic heterocycles. The molecule has 1 heterocycles. The van der Waals surface area contributed by atoms with E-state index in [9.17, 15) is 4.79 Å². The maximum Gasteiger partial charge on any atom is 0.237 e. The van der Waals surface area contributed by atoms with E-state index in [0.29, 0.717) is 19.0 Å². The Morgan fingerprint density at radius 3 is 2.54 bits per heavy atom. The van der Waals surface area contributed by atoms with Crippen molar-refractivity contribution >= 4 is 5.91 Å². The smallest absolute Gasteiger partial charge is 0.237 e. The van der Waals surface area contributed by atoms with Crippen molar-refractivity contribution in [2.75, 3.05) is 13.1 Å². The molecular formula is C22H29N3O. The van der Waals surface area contributed by atoms with Crippen molar-refractivity contribution < 1.29 is 4.79 Å². The molecule has 0 fully saturated rings. The van der Waals surface area contributed by atoms with Gasteiger partial charge in [0.2, 0.25) is 5.91 Å². The Bertz CT molecular complexity index is 716. The van der Waals surface area contributed by atoms with Crippen LogP contribution >= 0.6 is 0 Å². The van der Waals surface area contributed by atoms with Gasteiger partial charge < -0.3 is 11.1 Å². The molecule has 138 valence electrons. The van der Waals surface area contributed by atoms with Crippen molar-refractivity contribution in [1.82, 2.24) is 10.2 Å². The van der Waals surface area contributed by atoms with Crippen LogP contribution in [0.5, 0.6) is 0 Å². The van der Waals surface area contributed by atoms with Crippen molar-refractivity contribution in [3.8, 4) is 0 Å². The van der Waals surface area contributed by atoms with Crippen LogP contribution in [0, 0.1) is 0 Å². The van der Waals surface area contributed by atoms with E-state index in [-0.39, 0.29) is 5.91 Å². The number of hydrogen-bond acceptors (Lipinski definition) is 3. The highest BCUT2D eigenvalue weighted by Crippen LogP contribution is 2.21. The summed E-state index contributed by atoms with van der Waals surface area (Å²) in [5.41, 5.74) is 10.0. The van der Waals surface area contributed by atoms with Crippen LogP contribution in [-0.2, 0) is 24.2 Å². The van der Waals surface area contributed by atoms with E-state index in [0.717, 1.165) is 31.5 Å². The highest BCUT2D eigenvalue weighted by atomic mass is 16.2. The Balaban J connectivity index is 1.51. The fourth-order valence-electron chi connectivity index (χ4n) is 3.67. The molecule has 2 aromatic rings. The van der Waals surface area contributed by atoms with Crippen molar-refractivity contribution in [3.05, 3.63) is 71.3 Å². The summed E-state index contributed by atoms with van der Waals surface area (Å²) in [6.45, 7) is 4.84. The molecule has 0 bridgehead atoms. The summed E-state index contributed by atoms with van der Waals surface area (Å²) in [4.78, 5) is 14.9. The fourth-order valence-corrected chi connectivity index (χ4v) is 3.67. The van der Waals surface area contributed by atoms with Crippen molar-refractivity contribution in [2.24, 2.45) is 5.73 Å². The number of fused-ring (bicyclic) bond motifs is 1. The van der Waals surface area contributed by atoms with Crippen LogP contribution in [0.25, 0.3) is 0 Å². The maximum atomic E-state index is 12.4. The number of carbonyl (C=O) groups is 1. The van der Waals surface area contributed by atoms with Gasteiger partial charge in [-0.2, -0.15) is 0 Å². The number of benzene rings is 2. The van der Waals surface area contributed by atoms with Gasteiger partial charge in [-0.3, -0.25) is 9.69 Å². The highest BCUT2D eigenvalue weighted by molar-refractivity contribution is 5.81. The average molecular weight is 351 g/mol. The van der Waals surface area contributed by atoms with E-state index < -0.39 is 6.04 Å². The Hall–Kier alpha value is -2.17. The minimum atomic E-state index is -0.503. The van der Waals surface area contributed by atoms with Gasteiger partial charge >= 0.3 is 0 Å². The molecule has 0 saturated carbocycles. The lowest BCUT2D eigenvalue weighted by Gasteiger charge is -2.35. The number of nitrogens with zero attached hydrogens (tertiary/aromatic N) is 1. The molecular weight excluding hydrogens is 322 g/mol. The average Bonchev–Trinajstić information content (AvgIpc) is 2.69. The van der Waals surface area contributed by atoms with Gasteiger partial charge in [0.1, 0.15) is 0 Å². The zero-order chi connectivity index (χ0) is 18.4. The molecule has 1 aliphatic rings. The van der Waals surface area contributed by atoms with Crippen molar-refractivity contribution in [2.45, 2.75) is 44.8 Å². The molecule has 2 unspecified atom stereocenters. The molecule has 1 amide bonds. The normalized spacial score (nSPS) is 16.5. The second-order valence-corrected chi connectivity index (χ2v) is 7.09. The van der Waals surface area contributed by atoms with Crippen LogP contribution in [0.15, 0.2) is 54.6 Å². The predicted molar refractivity (Wildman–Crippen MR) is 106 cm³/mol. The molecule has 2 aromatic carbocycles. The predicted octanol–water partition coefficient (Wildman–Crippen LogP) is 2.51. The van der Waals surface area contributed by atoms with Gasteiger partial charge in [0.15, 0.2) is 0 Å². The van der Waals surface area contributed by atoms with Gasteiger partial charge in [0.25, 0.3) is 0 Å². The number of hydrogen-bond donors (Lipinski definition) is 2. The summed E-state index contributed by atoms with van der Waals surface area (Å²) in [6, 6.07) is 18.4. The van der Waals surface area contributed by atoms with Gasteiger partial charge in [-0.15, -0.1) is 0 Å². The summed E-state index contributed by atoms with van der Waals surface area (Å²) in [7, 11) is 0. The van der Waals surface area contributed by atoms with Gasteiger partial charge in [-0.25, -0.2) is 0 Å². The molecule has 2 atom stereocenters. The maximum absolute atomic E-state index is 12.4. The van der Waals surface area contributed by atoms with Crippen LogP contribution in [0.4, 0.5) is 0 Å². The van der Waals surface area contributed by atoms with Crippen LogP contribution in [-0.4, -0.2) is 36.0 Å². The molecule has 0 radical (unpaired) electrons. The van der Waals surface area contributed by atoms with E-state index in [4.69, 9.17) is 5.73 Å². The third-order valence-corrected chi connectivity index (χ3v) is 5.29. The van der Waals surface area contributed by atoms with E-state index in [1.165, 1.54) is 11.1 Å². The molecule has 3 rings (SSSR count). The highest BCUT2D eigenvalue weighted by Gasteiger charge is 2.23. The SMILES string of the molecule is CCC(CNC(=O)C(N)Cc1ccccc1)N1CCc2ccccc2C1. The van der Waals surface area contributed by atoms with Gasteiger partial charge in [-0.05, 0) is 36.0 Å². The molecule has 26 heavy (non-hydrogen) atoms. The lowest BCUT2D eigenvalue weighted by Crippen LogP contribution is -2.49. The monoisotopic (exact) mass is 351 g/mol. The van der Waals surface area contributed by atoms with Crippen molar-refractivity contribution in [1.29, 1.82) is 0 Å². The second-order valence-electron chi connectivity index (χ2n) is 7.09. The lowest BCUT2D eigenvalue weighted by molar-refractivity contribution is -0.122. The first-order valence-corrected chi connectivity index (χ1v) is 9.55. The Labute approximate surface area is 156 Å². The first-order chi connectivity index (χ1) is 12.7. The summed E-state index contributed by atoms with van der Waals surface area (Å²) in [5, 5.41) is 3.07. The Kier molecular flexibility index (Phi) is 6.42. The fraction of sp³-hybridized carbons (Fsp3) is 0.409. The zero-order valence-corrected chi connectivity index (χ0v) is 15.5. The molecule has 0 aliphatic carbocycles. The summed E-state index contributed by atoms with van der Waals surface area (Å²) in [5.74, 6) is -0.0651. The summed E-state index contributed by atoms with van der Waals surface area (Å²) >= 11 is 0. The summed E-state index contributed by atoms with van der Waals surface area (Å²) < 4.78 is 0. The largest absolute Gasteiger partial charge is 0.353 e. The summed E-state index contributed by atoms with van der Waals surface area (Å²) in [6.07, 6.45) is 2.66. The zero-order valence-electron chi connectivity index (χ0n) is 15.5. The molecule has 0 aromatic heterocycles. The van der Waals surface area contributed by atoms with Gasteiger partial charge in [0, 0.05) is 25.7 Å². The number of amides is 1. The molecule has 0 saturated heterocycles. The standard InChI is InChI=1S/C22H29N3O/c1-2-20(25-13-12-18-10-6-7-11-19(18)16-25)15-24-22(26)21(23)14-17-8-4-3-5-9-17/h3-11,20-21H,2,12-16,23H2,1H3,(H,24,26). The third-order valence-electron chi connectivity index (χ3n) is 5.29. The van der Waals surface area contributed by atoms with Crippen molar-refractivity contribution in [3.63, 3.8) is 0 Å². The third kappa shape index (κ3) is 4.71. The molecule has 0 spiro atoms.